The van der Waals surface area contributed by atoms with E-state index in [1.54, 1.807) is 0 Å². The van der Waals surface area contributed by atoms with Crippen LogP contribution in [0, 0.1) is 6.67 Å². The van der Waals surface area contributed by atoms with Crippen LogP contribution in [0.3, 0.4) is 0 Å². The molecule has 0 unspecified atom stereocenters. The number of rotatable bonds is 3. The van der Waals surface area contributed by atoms with Crippen molar-refractivity contribution >= 4 is 18.5 Å². The average Bonchev–Trinajstić information content (AvgIpc) is 2.80. The van der Waals surface area contributed by atoms with Gasteiger partial charge in [0.05, 0.1) is 0 Å². The first-order valence-corrected chi connectivity index (χ1v) is 8.02. The minimum Gasteiger partial charge on any atom is -0.510 e. The van der Waals surface area contributed by atoms with E-state index in [0.29, 0.717) is 0 Å². The van der Waals surface area contributed by atoms with Crippen LogP contribution in [0.5, 0.6) is 0 Å². The second-order valence-corrected chi connectivity index (χ2v) is 7.05. The smallest absolute Gasteiger partial charge is 0.0317 e. The van der Waals surface area contributed by atoms with Crippen molar-refractivity contribution in [3.63, 3.8) is 0 Å². The van der Waals surface area contributed by atoms with Crippen molar-refractivity contribution in [1.29, 1.82) is 0 Å². The summed E-state index contributed by atoms with van der Waals surface area (Å²) in [6.07, 6.45) is 2.23. The number of nitrogens with zero attached hydrogens (tertiary/aromatic N) is 2. The molecule has 0 fully saturated rings. The largest absolute Gasteiger partial charge is 0.510 e. The van der Waals surface area contributed by atoms with Crippen molar-refractivity contribution in [1.82, 2.24) is 9.80 Å². The van der Waals surface area contributed by atoms with E-state index >= 15 is 0 Å². The molecule has 2 aromatic carbocycles. The van der Waals surface area contributed by atoms with Gasteiger partial charge < -0.3 is 9.80 Å². The van der Waals surface area contributed by atoms with E-state index in [1.807, 2.05) is 0 Å². The summed E-state index contributed by atoms with van der Waals surface area (Å²) < 4.78 is 0. The average molecular weight is 384 g/mol. The molecule has 0 bridgehead atoms. The molecule has 111 valence electrons. The van der Waals surface area contributed by atoms with E-state index in [1.165, 1.54) is 16.0 Å². The van der Waals surface area contributed by atoms with E-state index in [-0.39, 0.29) is 19.5 Å². The summed E-state index contributed by atoms with van der Waals surface area (Å²) in [5.41, 5.74) is 1.36. The third-order valence-corrected chi connectivity index (χ3v) is 5.81. The summed E-state index contributed by atoms with van der Waals surface area (Å²) in [6, 6.07) is 21.6. The first-order valence-electron chi connectivity index (χ1n) is 6.67. The van der Waals surface area contributed by atoms with Gasteiger partial charge in [-0.3, -0.25) is 0 Å². The Bertz CT molecular complexity index is 561. The maximum Gasteiger partial charge on any atom is 0.0317 e. The molecule has 0 N–H and O–H groups in total. The van der Waals surface area contributed by atoms with Crippen molar-refractivity contribution in [2.75, 3.05) is 14.1 Å². The fraction of sp³-hybridized carbons (Fsp3) is 0.118. The summed E-state index contributed by atoms with van der Waals surface area (Å²) in [4.78, 5) is 4.35. The molecule has 0 saturated carbocycles. The summed E-state index contributed by atoms with van der Waals surface area (Å²) in [7, 11) is 3.69. The Kier molecular flexibility index (Phi) is 5.56. The van der Waals surface area contributed by atoms with Crippen molar-refractivity contribution in [2.45, 2.75) is 0 Å². The quantitative estimate of drug-likeness (QED) is 0.456. The van der Waals surface area contributed by atoms with Gasteiger partial charge in [-0.05, 0) is 30.9 Å². The Morgan fingerprint density at radius 1 is 0.810 bits per heavy atom. The van der Waals surface area contributed by atoms with Crippen LogP contribution < -0.4 is 10.6 Å². The third kappa shape index (κ3) is 3.54. The molecule has 21 heavy (non-hydrogen) atoms. The first kappa shape index (κ1) is 16.2. The fourth-order valence-electron chi connectivity index (χ4n) is 2.42. The van der Waals surface area contributed by atoms with Crippen molar-refractivity contribution in [3.05, 3.63) is 79.0 Å². The van der Waals surface area contributed by atoms with Gasteiger partial charge in [0, 0.05) is 32.8 Å². The van der Waals surface area contributed by atoms with Crippen molar-refractivity contribution < 1.29 is 19.5 Å². The van der Waals surface area contributed by atoms with Crippen LogP contribution in [0.15, 0.2) is 72.3 Å². The molecule has 3 rings (SSSR count). The van der Waals surface area contributed by atoms with Gasteiger partial charge in [0.25, 0.3) is 0 Å². The van der Waals surface area contributed by atoms with Crippen LogP contribution in [0.4, 0.5) is 0 Å². The standard InChI is InChI=1S/C17H18N2P.Rh/c1-18-13-17(19(2)14-18)20(15-9-5-3-6-10-15)16-11-7-4-8-12-16;/h3-14H,1-2H3;/q-1;. The Labute approximate surface area is 141 Å². The van der Waals surface area contributed by atoms with E-state index in [2.05, 4.69) is 97.4 Å². The molecule has 0 aromatic heterocycles. The van der Waals surface area contributed by atoms with Gasteiger partial charge in [0.15, 0.2) is 0 Å². The van der Waals surface area contributed by atoms with Crippen LogP contribution in [0.25, 0.3) is 0 Å². The van der Waals surface area contributed by atoms with Gasteiger partial charge in [-0.15, -0.1) is 0 Å². The van der Waals surface area contributed by atoms with Crippen LogP contribution in [0.1, 0.15) is 0 Å². The predicted octanol–water partition coefficient (Wildman–Crippen LogP) is 2.91. The first-order chi connectivity index (χ1) is 9.75. The monoisotopic (exact) mass is 384 g/mol. The van der Waals surface area contributed by atoms with Crippen molar-refractivity contribution in [2.24, 2.45) is 0 Å². The molecule has 1 radical (unpaired) electrons. The topological polar surface area (TPSA) is 6.48 Å². The van der Waals surface area contributed by atoms with Crippen molar-refractivity contribution in [3.8, 4) is 0 Å². The minimum absolute atomic E-state index is 0. The molecule has 1 heterocycles. The molecule has 0 atom stereocenters. The van der Waals surface area contributed by atoms with E-state index in [9.17, 15) is 0 Å². The zero-order valence-electron chi connectivity index (χ0n) is 12.1. The molecule has 2 nitrogen and oxygen atoms in total. The van der Waals surface area contributed by atoms with Crippen LogP contribution in [-0.2, 0) is 19.5 Å². The Balaban J connectivity index is 0.00000161. The van der Waals surface area contributed by atoms with Gasteiger partial charge in [-0.25, -0.2) is 0 Å². The molecular weight excluding hydrogens is 366 g/mol. The van der Waals surface area contributed by atoms with Crippen LogP contribution in [0.2, 0.25) is 0 Å². The SMILES string of the molecule is CN1C=C(P(c2ccccc2)c2ccccc2)N(C)[CH-]1.[Rh]. The molecule has 2 aromatic rings. The Morgan fingerprint density at radius 2 is 1.29 bits per heavy atom. The maximum atomic E-state index is 2.23. The van der Waals surface area contributed by atoms with E-state index in [4.69, 9.17) is 0 Å². The van der Waals surface area contributed by atoms with Crippen LogP contribution >= 0.6 is 7.92 Å². The van der Waals surface area contributed by atoms with Gasteiger partial charge in [0.2, 0.25) is 0 Å². The zero-order chi connectivity index (χ0) is 13.9. The van der Waals surface area contributed by atoms with Gasteiger partial charge in [-0.2, -0.15) is 6.67 Å². The maximum absolute atomic E-state index is 2.23. The second-order valence-electron chi connectivity index (χ2n) is 4.89. The zero-order valence-corrected chi connectivity index (χ0v) is 14.6. The molecule has 0 aliphatic carbocycles. The molecular formula is C17H18N2PRh-. The summed E-state index contributed by atoms with van der Waals surface area (Å²) in [5, 5.41) is 2.77. The fourth-order valence-corrected chi connectivity index (χ4v) is 4.85. The minimum atomic E-state index is -0.504. The molecule has 0 amide bonds. The molecule has 1 aliphatic heterocycles. The Morgan fingerprint density at radius 3 is 1.67 bits per heavy atom. The second kappa shape index (κ2) is 7.20. The van der Waals surface area contributed by atoms with Gasteiger partial charge >= 0.3 is 0 Å². The summed E-state index contributed by atoms with van der Waals surface area (Å²) in [6.45, 7) is 2.12. The van der Waals surface area contributed by atoms with Crippen LogP contribution in [-0.4, -0.2) is 23.9 Å². The van der Waals surface area contributed by atoms with E-state index < -0.39 is 7.92 Å². The summed E-state index contributed by atoms with van der Waals surface area (Å²) in [5.74, 6) is 0. The van der Waals surface area contributed by atoms with Gasteiger partial charge in [-0.1, -0.05) is 60.7 Å². The molecule has 4 heteroatoms. The molecule has 0 spiro atoms. The van der Waals surface area contributed by atoms with Gasteiger partial charge in [0.1, 0.15) is 0 Å². The number of benzene rings is 2. The van der Waals surface area contributed by atoms with E-state index in [0.717, 1.165) is 0 Å². The predicted molar refractivity (Wildman–Crippen MR) is 87.0 cm³/mol. The third-order valence-electron chi connectivity index (χ3n) is 3.29. The summed E-state index contributed by atoms with van der Waals surface area (Å²) >= 11 is 0. The molecule has 1 aliphatic rings. The Hall–Kier alpha value is -1.17. The number of hydrogen-bond acceptors (Lipinski definition) is 2. The normalized spacial score (nSPS) is 14.1. The molecule has 0 saturated heterocycles. The number of hydrogen-bond donors (Lipinski definition) is 0.